The van der Waals surface area contributed by atoms with Crippen LogP contribution in [0.5, 0.6) is 0 Å². The number of imide groups is 1. The molecule has 2 heterocycles. The lowest BCUT2D eigenvalue weighted by atomic mass is 10.2. The van der Waals surface area contributed by atoms with Crippen molar-refractivity contribution >= 4 is 17.6 Å². The number of nitrogens with one attached hydrogen (secondary N) is 2. The highest BCUT2D eigenvalue weighted by Gasteiger charge is 2.22. The summed E-state index contributed by atoms with van der Waals surface area (Å²) in [4.78, 5) is 28.5. The highest BCUT2D eigenvalue weighted by molar-refractivity contribution is 5.99. The van der Waals surface area contributed by atoms with Crippen LogP contribution in [0.3, 0.4) is 0 Å². The predicted octanol–water partition coefficient (Wildman–Crippen LogP) is -0.0282. The van der Waals surface area contributed by atoms with E-state index in [0.29, 0.717) is 6.54 Å². The van der Waals surface area contributed by atoms with Crippen LogP contribution in [0.25, 0.3) is 0 Å². The number of carbonyl (C=O) groups is 2. The number of aromatic nitrogens is 1. The number of anilines is 1. The van der Waals surface area contributed by atoms with Gasteiger partial charge in [-0.3, -0.25) is 19.8 Å². The van der Waals surface area contributed by atoms with Gasteiger partial charge in [0.05, 0.1) is 13.1 Å². The van der Waals surface area contributed by atoms with Crippen LogP contribution in [0, 0.1) is 0 Å². The Bertz CT molecular complexity index is 445. The normalized spacial score (nSPS) is 16.5. The maximum atomic E-state index is 11.2. The second-order valence-corrected chi connectivity index (χ2v) is 4.20. The molecule has 2 N–H and O–H groups in total. The maximum absolute atomic E-state index is 11.2. The first kappa shape index (κ1) is 12.5. The van der Waals surface area contributed by atoms with Crippen molar-refractivity contribution in [3.8, 4) is 0 Å². The molecule has 0 radical (unpaired) electrons. The van der Waals surface area contributed by atoms with Crippen LogP contribution in [0.15, 0.2) is 18.3 Å². The zero-order valence-corrected chi connectivity index (χ0v) is 10.3. The quantitative estimate of drug-likeness (QED) is 0.732. The van der Waals surface area contributed by atoms with Crippen molar-refractivity contribution in [2.45, 2.75) is 13.5 Å². The molecule has 96 valence electrons. The average Bonchev–Trinajstić information content (AvgIpc) is 2.28. The second kappa shape index (κ2) is 5.59. The van der Waals surface area contributed by atoms with Crippen LogP contribution in [0.4, 0.5) is 5.82 Å². The molecule has 1 aromatic rings. The molecule has 0 spiro atoms. The highest BCUT2D eigenvalue weighted by Crippen LogP contribution is 2.10. The van der Waals surface area contributed by atoms with Crippen molar-refractivity contribution in [1.29, 1.82) is 0 Å². The molecule has 6 nitrogen and oxygen atoms in total. The van der Waals surface area contributed by atoms with Crippen LogP contribution < -0.4 is 10.6 Å². The molecule has 18 heavy (non-hydrogen) atoms. The number of piperazine rings is 1. The molecule has 1 aliphatic rings. The summed E-state index contributed by atoms with van der Waals surface area (Å²) < 4.78 is 0. The lowest BCUT2D eigenvalue weighted by Crippen LogP contribution is -2.50. The first-order valence-electron chi connectivity index (χ1n) is 5.91. The largest absolute Gasteiger partial charge is 0.370 e. The van der Waals surface area contributed by atoms with Crippen molar-refractivity contribution in [3.05, 3.63) is 23.9 Å². The van der Waals surface area contributed by atoms with Gasteiger partial charge in [-0.15, -0.1) is 0 Å². The van der Waals surface area contributed by atoms with Crippen molar-refractivity contribution in [1.82, 2.24) is 15.2 Å². The third-order valence-electron chi connectivity index (χ3n) is 2.60. The van der Waals surface area contributed by atoms with E-state index in [-0.39, 0.29) is 24.9 Å². The molecule has 1 aromatic heterocycles. The number of rotatable bonds is 4. The first-order valence-corrected chi connectivity index (χ1v) is 5.91. The third kappa shape index (κ3) is 3.27. The first-order chi connectivity index (χ1) is 8.67. The van der Waals surface area contributed by atoms with E-state index in [1.54, 1.807) is 6.20 Å². The summed E-state index contributed by atoms with van der Waals surface area (Å²) >= 11 is 0. The van der Waals surface area contributed by atoms with Crippen LogP contribution >= 0.6 is 0 Å². The minimum atomic E-state index is -0.243. The summed E-state index contributed by atoms with van der Waals surface area (Å²) in [6.07, 6.45) is 1.72. The summed E-state index contributed by atoms with van der Waals surface area (Å²) in [5, 5.41) is 5.41. The Morgan fingerprint density at radius 3 is 2.78 bits per heavy atom. The van der Waals surface area contributed by atoms with Crippen LogP contribution in [-0.2, 0) is 16.1 Å². The van der Waals surface area contributed by atoms with E-state index in [4.69, 9.17) is 0 Å². The van der Waals surface area contributed by atoms with Gasteiger partial charge < -0.3 is 5.32 Å². The van der Waals surface area contributed by atoms with E-state index in [9.17, 15) is 9.59 Å². The van der Waals surface area contributed by atoms with Crippen molar-refractivity contribution < 1.29 is 9.59 Å². The number of carbonyl (C=O) groups excluding carboxylic acids is 2. The lowest BCUT2D eigenvalue weighted by molar-refractivity contribution is -0.136. The topological polar surface area (TPSA) is 74.3 Å². The Labute approximate surface area is 105 Å². The molecular formula is C12H16N4O2. The molecule has 2 amide bonds. The summed E-state index contributed by atoms with van der Waals surface area (Å²) in [5.41, 5.74) is 1.03. The fraction of sp³-hybridized carbons (Fsp3) is 0.417. The molecule has 1 saturated heterocycles. The average molecular weight is 248 g/mol. The lowest BCUT2D eigenvalue weighted by Gasteiger charge is -2.25. The van der Waals surface area contributed by atoms with Gasteiger partial charge in [-0.25, -0.2) is 4.98 Å². The van der Waals surface area contributed by atoms with E-state index in [1.165, 1.54) is 0 Å². The Morgan fingerprint density at radius 1 is 1.39 bits per heavy atom. The van der Waals surface area contributed by atoms with Crippen LogP contribution in [0.2, 0.25) is 0 Å². The smallest absolute Gasteiger partial charge is 0.240 e. The fourth-order valence-corrected chi connectivity index (χ4v) is 1.92. The van der Waals surface area contributed by atoms with Gasteiger partial charge in [0.1, 0.15) is 5.82 Å². The van der Waals surface area contributed by atoms with E-state index in [1.807, 2.05) is 24.0 Å². The molecule has 0 aliphatic carbocycles. The monoisotopic (exact) mass is 248 g/mol. The standard InChI is InChI=1S/C12H16N4O2/c1-2-13-10-5-9(3-4-14-10)6-16-7-11(17)15-12(18)8-16/h3-5H,2,6-8H2,1H3,(H,13,14)(H,15,17,18). The van der Waals surface area contributed by atoms with Crippen LogP contribution in [0.1, 0.15) is 12.5 Å². The zero-order chi connectivity index (χ0) is 13.0. The van der Waals surface area contributed by atoms with Crippen LogP contribution in [-0.4, -0.2) is 41.3 Å². The number of amides is 2. The number of hydrogen-bond donors (Lipinski definition) is 2. The Hall–Kier alpha value is -1.95. The summed E-state index contributed by atoms with van der Waals surface area (Å²) in [5.74, 6) is 0.321. The van der Waals surface area contributed by atoms with Gasteiger partial charge in [-0.2, -0.15) is 0 Å². The van der Waals surface area contributed by atoms with E-state index < -0.39 is 0 Å². The number of hydrogen-bond acceptors (Lipinski definition) is 5. The van der Waals surface area contributed by atoms with Crippen molar-refractivity contribution in [2.24, 2.45) is 0 Å². The van der Waals surface area contributed by atoms with Gasteiger partial charge in [-0.05, 0) is 24.6 Å². The maximum Gasteiger partial charge on any atom is 0.240 e. The predicted molar refractivity (Wildman–Crippen MR) is 66.8 cm³/mol. The third-order valence-corrected chi connectivity index (χ3v) is 2.60. The molecule has 2 rings (SSSR count). The summed E-state index contributed by atoms with van der Waals surface area (Å²) in [6, 6.07) is 3.82. The molecule has 0 bridgehead atoms. The molecule has 0 unspecified atom stereocenters. The highest BCUT2D eigenvalue weighted by atomic mass is 16.2. The van der Waals surface area contributed by atoms with Gasteiger partial charge in [0.25, 0.3) is 0 Å². The molecular weight excluding hydrogens is 232 g/mol. The Balaban J connectivity index is 2.02. The van der Waals surface area contributed by atoms with E-state index in [2.05, 4.69) is 15.6 Å². The second-order valence-electron chi connectivity index (χ2n) is 4.20. The Morgan fingerprint density at radius 2 is 2.11 bits per heavy atom. The molecule has 6 heteroatoms. The SMILES string of the molecule is CCNc1cc(CN2CC(=O)NC(=O)C2)ccn1. The number of pyridine rings is 1. The minimum Gasteiger partial charge on any atom is -0.370 e. The molecule has 0 atom stereocenters. The zero-order valence-electron chi connectivity index (χ0n) is 10.3. The molecule has 0 aromatic carbocycles. The van der Waals surface area contributed by atoms with E-state index >= 15 is 0 Å². The minimum absolute atomic E-state index is 0.243. The molecule has 1 fully saturated rings. The van der Waals surface area contributed by atoms with Gasteiger partial charge in [0, 0.05) is 19.3 Å². The van der Waals surface area contributed by atoms with Gasteiger partial charge in [0.15, 0.2) is 0 Å². The summed E-state index contributed by atoms with van der Waals surface area (Å²) in [6.45, 7) is 3.89. The van der Waals surface area contributed by atoms with E-state index in [0.717, 1.165) is 17.9 Å². The van der Waals surface area contributed by atoms with Gasteiger partial charge in [-0.1, -0.05) is 0 Å². The summed E-state index contributed by atoms with van der Waals surface area (Å²) in [7, 11) is 0. The molecule has 1 aliphatic heterocycles. The van der Waals surface area contributed by atoms with Crippen molar-refractivity contribution in [2.75, 3.05) is 25.0 Å². The Kier molecular flexibility index (Phi) is 3.88. The fourth-order valence-electron chi connectivity index (χ4n) is 1.92. The molecule has 0 saturated carbocycles. The number of nitrogens with zero attached hydrogens (tertiary/aromatic N) is 2. The van der Waals surface area contributed by atoms with Crippen molar-refractivity contribution in [3.63, 3.8) is 0 Å². The van der Waals surface area contributed by atoms with Gasteiger partial charge in [0.2, 0.25) is 11.8 Å². The van der Waals surface area contributed by atoms with Gasteiger partial charge >= 0.3 is 0 Å².